The van der Waals surface area contributed by atoms with Crippen molar-refractivity contribution < 1.29 is 14.6 Å². The molecule has 2 aromatic heterocycles. The van der Waals surface area contributed by atoms with E-state index in [1.807, 2.05) is 24.3 Å². The van der Waals surface area contributed by atoms with Crippen molar-refractivity contribution in [2.75, 3.05) is 7.11 Å². The monoisotopic (exact) mass is 302 g/mol. The molecule has 2 N–H and O–H groups in total. The first-order chi connectivity index (χ1) is 10.2. The van der Waals surface area contributed by atoms with Crippen molar-refractivity contribution in [2.45, 2.75) is 0 Å². The van der Waals surface area contributed by atoms with Crippen molar-refractivity contribution in [1.82, 2.24) is 20.6 Å². The van der Waals surface area contributed by atoms with Crippen LogP contribution in [-0.2, 0) is 0 Å². The third kappa shape index (κ3) is 2.36. The van der Waals surface area contributed by atoms with Gasteiger partial charge in [0.15, 0.2) is 5.82 Å². The minimum atomic E-state index is -0.991. The lowest BCUT2D eigenvalue weighted by Crippen LogP contribution is -1.90. The van der Waals surface area contributed by atoms with Crippen LogP contribution in [0.15, 0.2) is 30.3 Å². The number of tetrazole rings is 1. The van der Waals surface area contributed by atoms with E-state index < -0.39 is 5.97 Å². The van der Waals surface area contributed by atoms with Gasteiger partial charge >= 0.3 is 5.97 Å². The van der Waals surface area contributed by atoms with Crippen LogP contribution in [0, 0.1) is 0 Å². The quantitative estimate of drug-likeness (QED) is 0.767. The topological polar surface area (TPSA) is 101 Å². The van der Waals surface area contributed by atoms with Crippen molar-refractivity contribution in [3.63, 3.8) is 0 Å². The molecule has 2 heterocycles. The molecule has 0 amide bonds. The highest BCUT2D eigenvalue weighted by molar-refractivity contribution is 7.18. The van der Waals surface area contributed by atoms with Crippen LogP contribution in [0.5, 0.6) is 5.75 Å². The number of methoxy groups -OCH3 is 1. The summed E-state index contributed by atoms with van der Waals surface area (Å²) < 4.78 is 5.34. The molecule has 0 unspecified atom stereocenters. The first-order valence-corrected chi connectivity index (χ1v) is 6.77. The van der Waals surface area contributed by atoms with Crippen LogP contribution in [0.1, 0.15) is 9.67 Å². The summed E-state index contributed by atoms with van der Waals surface area (Å²) in [5.41, 5.74) is 1.43. The van der Waals surface area contributed by atoms with E-state index in [1.165, 1.54) is 0 Å². The molecule has 0 atom stereocenters. The highest BCUT2D eigenvalue weighted by atomic mass is 32.1. The van der Waals surface area contributed by atoms with Crippen molar-refractivity contribution in [1.29, 1.82) is 0 Å². The molecule has 0 bridgehead atoms. The van der Waals surface area contributed by atoms with Gasteiger partial charge in [0.2, 0.25) is 0 Å². The summed E-state index contributed by atoms with van der Waals surface area (Å²) in [6, 6.07) is 8.95. The lowest BCUT2D eigenvalue weighted by molar-refractivity contribution is 0.0702. The Morgan fingerprint density at radius 3 is 2.81 bits per heavy atom. The largest absolute Gasteiger partial charge is 0.496 e. The van der Waals surface area contributed by atoms with Crippen LogP contribution in [-0.4, -0.2) is 38.8 Å². The van der Waals surface area contributed by atoms with Crippen LogP contribution in [0.25, 0.3) is 21.8 Å². The Bertz CT molecular complexity index is 783. The molecule has 7 nitrogen and oxygen atoms in total. The van der Waals surface area contributed by atoms with Gasteiger partial charge in [-0.15, -0.1) is 16.4 Å². The van der Waals surface area contributed by atoms with Gasteiger partial charge in [-0.2, -0.15) is 0 Å². The van der Waals surface area contributed by atoms with Gasteiger partial charge in [0.25, 0.3) is 0 Å². The Hall–Kier alpha value is -2.74. The number of aromatic carboxylic acids is 1. The van der Waals surface area contributed by atoms with Gasteiger partial charge in [-0.25, -0.2) is 9.89 Å². The van der Waals surface area contributed by atoms with E-state index in [2.05, 4.69) is 20.6 Å². The number of benzene rings is 1. The molecule has 21 heavy (non-hydrogen) atoms. The zero-order valence-electron chi connectivity index (χ0n) is 10.9. The zero-order chi connectivity index (χ0) is 14.8. The summed E-state index contributed by atoms with van der Waals surface area (Å²) in [6.45, 7) is 0. The fourth-order valence-electron chi connectivity index (χ4n) is 1.98. The van der Waals surface area contributed by atoms with E-state index in [-0.39, 0.29) is 4.88 Å². The van der Waals surface area contributed by atoms with E-state index >= 15 is 0 Å². The van der Waals surface area contributed by atoms with Gasteiger partial charge < -0.3 is 9.84 Å². The molecule has 0 spiro atoms. The lowest BCUT2D eigenvalue weighted by Gasteiger charge is -2.07. The number of ether oxygens (including phenoxy) is 1. The molecule has 0 saturated carbocycles. The molecule has 0 aliphatic heterocycles. The Balaban J connectivity index is 2.24. The minimum Gasteiger partial charge on any atom is -0.496 e. The Labute approximate surface area is 123 Å². The SMILES string of the molecule is COc1ccccc1-c1sc(C(=O)O)cc1-c1nnn[nH]1. The fourth-order valence-corrected chi connectivity index (χ4v) is 3.01. The van der Waals surface area contributed by atoms with E-state index in [9.17, 15) is 9.90 Å². The predicted molar refractivity (Wildman–Crippen MR) is 76.4 cm³/mol. The number of nitrogens with zero attached hydrogens (tertiary/aromatic N) is 3. The van der Waals surface area contributed by atoms with Gasteiger partial charge in [-0.05, 0) is 28.6 Å². The fraction of sp³-hybridized carbons (Fsp3) is 0.0769. The van der Waals surface area contributed by atoms with Crippen LogP contribution in [0.3, 0.4) is 0 Å². The maximum atomic E-state index is 11.2. The van der Waals surface area contributed by atoms with Gasteiger partial charge in [0, 0.05) is 16.0 Å². The van der Waals surface area contributed by atoms with Gasteiger partial charge in [-0.3, -0.25) is 0 Å². The number of nitrogens with one attached hydrogen (secondary N) is 1. The van der Waals surface area contributed by atoms with Crippen LogP contribution < -0.4 is 4.74 Å². The van der Waals surface area contributed by atoms with Crippen molar-refractivity contribution in [3.05, 3.63) is 35.2 Å². The summed E-state index contributed by atoms with van der Waals surface area (Å²) >= 11 is 1.15. The number of carboxylic acid groups (broad SMARTS) is 1. The smallest absolute Gasteiger partial charge is 0.345 e. The standard InChI is InChI=1S/C13H10N4O3S/c1-20-9-5-3-2-4-7(9)11-8(12-14-16-17-15-12)6-10(21-11)13(18)19/h2-6H,1H3,(H,18,19)(H,14,15,16,17). The zero-order valence-corrected chi connectivity index (χ0v) is 11.7. The van der Waals surface area contributed by atoms with Gasteiger partial charge in [-0.1, -0.05) is 12.1 Å². The lowest BCUT2D eigenvalue weighted by atomic mass is 10.1. The number of rotatable bonds is 4. The van der Waals surface area contributed by atoms with E-state index in [1.54, 1.807) is 13.2 Å². The average Bonchev–Trinajstić information content (AvgIpc) is 3.16. The highest BCUT2D eigenvalue weighted by Crippen LogP contribution is 2.41. The average molecular weight is 302 g/mol. The molecule has 3 rings (SSSR count). The minimum absolute atomic E-state index is 0.210. The predicted octanol–water partition coefficient (Wildman–Crippen LogP) is 2.30. The van der Waals surface area contributed by atoms with Crippen LogP contribution in [0.4, 0.5) is 0 Å². The molecule has 1 aromatic carbocycles. The van der Waals surface area contributed by atoms with E-state index in [4.69, 9.17) is 4.74 Å². The molecule has 0 saturated heterocycles. The second-order valence-electron chi connectivity index (χ2n) is 4.11. The second kappa shape index (κ2) is 5.33. The number of para-hydroxylation sites is 1. The number of carbonyl (C=O) groups is 1. The third-order valence-corrected chi connectivity index (χ3v) is 4.05. The molecule has 0 fully saturated rings. The first kappa shape index (κ1) is 13.3. The number of aromatic amines is 1. The first-order valence-electron chi connectivity index (χ1n) is 5.95. The molecular weight excluding hydrogens is 292 g/mol. The molecule has 106 valence electrons. The van der Waals surface area contributed by atoms with E-state index in [0.717, 1.165) is 21.8 Å². The summed E-state index contributed by atoms with van der Waals surface area (Å²) in [5.74, 6) is 0.0829. The number of aromatic nitrogens is 4. The van der Waals surface area contributed by atoms with Gasteiger partial charge in [0.1, 0.15) is 10.6 Å². The summed E-state index contributed by atoms with van der Waals surface area (Å²) in [4.78, 5) is 12.2. The molecule has 0 aliphatic rings. The molecule has 3 aromatic rings. The van der Waals surface area contributed by atoms with Gasteiger partial charge in [0.05, 0.1) is 7.11 Å². The van der Waals surface area contributed by atoms with Crippen molar-refractivity contribution in [2.24, 2.45) is 0 Å². The van der Waals surface area contributed by atoms with Crippen molar-refractivity contribution in [3.8, 4) is 27.6 Å². The van der Waals surface area contributed by atoms with Crippen LogP contribution in [0.2, 0.25) is 0 Å². The number of hydrogen-bond donors (Lipinski definition) is 2. The highest BCUT2D eigenvalue weighted by Gasteiger charge is 2.20. The van der Waals surface area contributed by atoms with E-state index in [0.29, 0.717) is 17.1 Å². The van der Waals surface area contributed by atoms with Crippen molar-refractivity contribution >= 4 is 17.3 Å². The molecule has 8 heteroatoms. The maximum absolute atomic E-state index is 11.2. The number of hydrogen-bond acceptors (Lipinski definition) is 6. The third-order valence-electron chi connectivity index (χ3n) is 2.89. The molecule has 0 radical (unpaired) electrons. The maximum Gasteiger partial charge on any atom is 0.345 e. The second-order valence-corrected chi connectivity index (χ2v) is 5.16. The molecular formula is C13H10N4O3S. The van der Waals surface area contributed by atoms with Crippen LogP contribution >= 0.6 is 11.3 Å². The summed E-state index contributed by atoms with van der Waals surface area (Å²) in [6.07, 6.45) is 0. The Kier molecular flexibility index (Phi) is 3.36. The number of thiophene rings is 1. The number of H-pyrrole nitrogens is 1. The molecule has 0 aliphatic carbocycles. The Morgan fingerprint density at radius 2 is 2.14 bits per heavy atom. The number of carboxylic acids is 1. The Morgan fingerprint density at radius 1 is 1.33 bits per heavy atom. The summed E-state index contributed by atoms with van der Waals surface area (Å²) in [7, 11) is 1.57. The summed E-state index contributed by atoms with van der Waals surface area (Å²) in [5, 5.41) is 22.8. The normalized spacial score (nSPS) is 10.5.